The number of hydrogen-bond acceptors (Lipinski definition) is 0. The minimum absolute atomic E-state index is 0.785. The topological polar surface area (TPSA) is 0 Å². The van der Waals surface area contributed by atoms with Crippen molar-refractivity contribution in [3.05, 3.63) is 29.8 Å². The molecule has 0 radical (unpaired) electrons. The molecule has 0 aromatic heterocycles. The monoisotopic (exact) mass is 172 g/mol. The molecule has 1 aromatic carbocycles. The van der Waals surface area contributed by atoms with E-state index in [1.165, 1.54) is 19.1 Å². The van der Waals surface area contributed by atoms with Crippen molar-refractivity contribution in [3.63, 3.8) is 0 Å². The van der Waals surface area contributed by atoms with Gasteiger partial charge in [-0.25, -0.2) is 0 Å². The Hall–Kier alpha value is -0.715. The Bertz CT molecular complexity index is 293. The molecule has 1 aliphatic heterocycles. The third-order valence-electron chi connectivity index (χ3n) is 3.24. The summed E-state index contributed by atoms with van der Waals surface area (Å²) in [5.74, 6) is 0.785. The summed E-state index contributed by atoms with van der Waals surface area (Å²) in [6.45, 7) is 5.48. The summed E-state index contributed by atoms with van der Waals surface area (Å²) < 4.78 is 0. The van der Waals surface area contributed by atoms with Crippen LogP contribution < -0.4 is 5.46 Å². The fourth-order valence-corrected chi connectivity index (χ4v) is 2.63. The summed E-state index contributed by atoms with van der Waals surface area (Å²) in [6, 6.07) is 8.97. The lowest BCUT2D eigenvalue weighted by Gasteiger charge is -2.04. The van der Waals surface area contributed by atoms with Crippen LogP contribution in [0.25, 0.3) is 0 Å². The Kier molecular flexibility index (Phi) is 2.43. The number of fused-ring (bicyclic) bond motifs is 1. The Morgan fingerprint density at radius 1 is 1.38 bits per heavy atom. The zero-order valence-electron chi connectivity index (χ0n) is 8.59. The van der Waals surface area contributed by atoms with Gasteiger partial charge in [0.15, 0.2) is 6.71 Å². The molecule has 13 heavy (non-hydrogen) atoms. The van der Waals surface area contributed by atoms with Gasteiger partial charge in [-0.3, -0.25) is 0 Å². The Morgan fingerprint density at radius 3 is 2.92 bits per heavy atom. The van der Waals surface area contributed by atoms with E-state index in [9.17, 15) is 0 Å². The second kappa shape index (κ2) is 3.57. The molecule has 68 valence electrons. The fourth-order valence-electron chi connectivity index (χ4n) is 2.63. The van der Waals surface area contributed by atoms with Crippen LogP contribution in [0.3, 0.4) is 0 Å². The molecule has 2 rings (SSSR count). The molecule has 0 spiro atoms. The molecule has 0 aliphatic carbocycles. The van der Waals surface area contributed by atoms with E-state index in [0.717, 1.165) is 12.6 Å². The SMILES string of the molecule is CCCB1CC(C)c2ccccc21. The summed E-state index contributed by atoms with van der Waals surface area (Å²) in [5.41, 5.74) is 3.22. The van der Waals surface area contributed by atoms with E-state index in [-0.39, 0.29) is 0 Å². The van der Waals surface area contributed by atoms with E-state index in [2.05, 4.69) is 38.1 Å². The van der Waals surface area contributed by atoms with Crippen LogP contribution in [0.2, 0.25) is 12.6 Å². The first-order valence-corrected chi connectivity index (χ1v) is 5.41. The average molecular weight is 172 g/mol. The van der Waals surface area contributed by atoms with E-state index in [4.69, 9.17) is 0 Å². The minimum Gasteiger partial charge on any atom is -0.0767 e. The summed E-state index contributed by atoms with van der Waals surface area (Å²) in [6.07, 6.45) is 4.04. The van der Waals surface area contributed by atoms with Crippen molar-refractivity contribution in [2.75, 3.05) is 0 Å². The van der Waals surface area contributed by atoms with Gasteiger partial charge < -0.3 is 0 Å². The normalized spacial score (nSPS) is 20.5. The lowest BCUT2D eigenvalue weighted by atomic mass is 9.42. The van der Waals surface area contributed by atoms with Crippen molar-refractivity contribution in [2.24, 2.45) is 0 Å². The Labute approximate surface area is 81.4 Å². The van der Waals surface area contributed by atoms with Gasteiger partial charge in [0.25, 0.3) is 0 Å². The van der Waals surface area contributed by atoms with Crippen molar-refractivity contribution in [1.82, 2.24) is 0 Å². The molecular weight excluding hydrogens is 155 g/mol. The maximum Gasteiger partial charge on any atom is 0.176 e. The van der Waals surface area contributed by atoms with Gasteiger partial charge in [0, 0.05) is 0 Å². The minimum atomic E-state index is 0.785. The second-order valence-corrected chi connectivity index (χ2v) is 4.25. The molecule has 0 bridgehead atoms. The highest BCUT2D eigenvalue weighted by Gasteiger charge is 2.29. The molecule has 1 heterocycles. The van der Waals surface area contributed by atoms with E-state index < -0.39 is 0 Å². The van der Waals surface area contributed by atoms with E-state index in [1.807, 2.05) is 0 Å². The highest BCUT2D eigenvalue weighted by atomic mass is 14.2. The van der Waals surface area contributed by atoms with E-state index >= 15 is 0 Å². The molecule has 0 nitrogen and oxygen atoms in total. The average Bonchev–Trinajstić information content (AvgIpc) is 2.46. The maximum atomic E-state index is 2.36. The quantitative estimate of drug-likeness (QED) is 0.601. The molecule has 1 heteroatoms. The van der Waals surface area contributed by atoms with Gasteiger partial charge in [-0.05, 0) is 5.92 Å². The van der Waals surface area contributed by atoms with Crippen molar-refractivity contribution < 1.29 is 0 Å². The van der Waals surface area contributed by atoms with Crippen molar-refractivity contribution in [1.29, 1.82) is 0 Å². The van der Waals surface area contributed by atoms with Crippen LogP contribution in [0.15, 0.2) is 24.3 Å². The van der Waals surface area contributed by atoms with Crippen molar-refractivity contribution in [3.8, 4) is 0 Å². The van der Waals surface area contributed by atoms with E-state index in [1.54, 1.807) is 11.0 Å². The van der Waals surface area contributed by atoms with Gasteiger partial charge >= 0.3 is 0 Å². The van der Waals surface area contributed by atoms with Crippen molar-refractivity contribution >= 4 is 12.2 Å². The van der Waals surface area contributed by atoms with Crippen LogP contribution in [0.4, 0.5) is 0 Å². The first-order chi connectivity index (χ1) is 6.33. The predicted octanol–water partition coefficient (Wildman–Crippen LogP) is 2.92. The van der Waals surface area contributed by atoms with Gasteiger partial charge in [0.2, 0.25) is 0 Å². The van der Waals surface area contributed by atoms with Gasteiger partial charge in [-0.15, -0.1) is 0 Å². The summed E-state index contributed by atoms with van der Waals surface area (Å²) in [4.78, 5) is 0. The van der Waals surface area contributed by atoms with Crippen LogP contribution in [-0.4, -0.2) is 6.71 Å². The molecule has 0 N–H and O–H groups in total. The van der Waals surface area contributed by atoms with Gasteiger partial charge in [0.05, 0.1) is 0 Å². The summed E-state index contributed by atoms with van der Waals surface area (Å²) in [7, 11) is 0. The molecule has 0 amide bonds. The Morgan fingerprint density at radius 2 is 2.15 bits per heavy atom. The number of benzene rings is 1. The lowest BCUT2D eigenvalue weighted by Crippen LogP contribution is -2.25. The molecule has 0 saturated heterocycles. The second-order valence-electron chi connectivity index (χ2n) is 4.25. The van der Waals surface area contributed by atoms with Crippen molar-refractivity contribution in [2.45, 2.75) is 38.8 Å². The van der Waals surface area contributed by atoms with Crippen LogP contribution >= 0.6 is 0 Å². The van der Waals surface area contributed by atoms with Gasteiger partial charge in [0.1, 0.15) is 0 Å². The third kappa shape index (κ3) is 1.52. The van der Waals surface area contributed by atoms with Crippen LogP contribution in [0.5, 0.6) is 0 Å². The van der Waals surface area contributed by atoms with Gasteiger partial charge in [-0.1, -0.05) is 68.2 Å². The molecule has 0 fully saturated rings. The highest BCUT2D eigenvalue weighted by molar-refractivity contribution is 6.75. The maximum absolute atomic E-state index is 2.36. The summed E-state index contributed by atoms with van der Waals surface area (Å²) >= 11 is 0. The third-order valence-corrected chi connectivity index (χ3v) is 3.24. The number of rotatable bonds is 2. The fraction of sp³-hybridized carbons (Fsp3) is 0.500. The highest BCUT2D eigenvalue weighted by Crippen LogP contribution is 2.28. The van der Waals surface area contributed by atoms with Crippen LogP contribution in [0, 0.1) is 0 Å². The first-order valence-electron chi connectivity index (χ1n) is 5.41. The molecule has 1 unspecified atom stereocenters. The first kappa shape index (κ1) is 8.86. The van der Waals surface area contributed by atoms with Crippen LogP contribution in [0.1, 0.15) is 31.7 Å². The molecule has 1 aliphatic rings. The smallest absolute Gasteiger partial charge is 0.0767 e. The molecule has 0 saturated carbocycles. The molecule has 1 aromatic rings. The van der Waals surface area contributed by atoms with Crippen LogP contribution in [-0.2, 0) is 0 Å². The zero-order valence-corrected chi connectivity index (χ0v) is 8.59. The number of hydrogen-bond donors (Lipinski definition) is 0. The Balaban J connectivity index is 2.30. The largest absolute Gasteiger partial charge is 0.176 e. The van der Waals surface area contributed by atoms with Gasteiger partial charge in [-0.2, -0.15) is 0 Å². The van der Waals surface area contributed by atoms with E-state index in [0.29, 0.717) is 0 Å². The lowest BCUT2D eigenvalue weighted by molar-refractivity contribution is 0.877. The summed E-state index contributed by atoms with van der Waals surface area (Å²) in [5, 5.41) is 0. The molecule has 1 atom stereocenters. The standard InChI is InChI=1S/C12H17B/c1-3-8-13-9-10(2)11-6-4-5-7-12(11)13/h4-7,10H,3,8-9H2,1-2H3. The predicted molar refractivity (Wildman–Crippen MR) is 60.2 cm³/mol. The zero-order chi connectivity index (χ0) is 9.26. The molecular formula is C12H17B.